The zero-order chi connectivity index (χ0) is 7.15. The zero-order valence-corrected chi connectivity index (χ0v) is 11.5. The monoisotopic (exact) mass is 298 g/mol. The van der Waals surface area contributed by atoms with E-state index in [9.17, 15) is 0 Å². The Morgan fingerprint density at radius 1 is 0.556 bits per heavy atom. The molecular weight excluding hydrogens is 302 g/mol. The average molecular weight is 302 g/mol. The molecule has 0 aromatic heterocycles. The molecule has 0 radical (unpaired) electrons. The van der Waals surface area contributed by atoms with E-state index >= 15 is 0 Å². The summed E-state index contributed by atoms with van der Waals surface area (Å²) in [4.78, 5) is 0. The van der Waals surface area contributed by atoms with Gasteiger partial charge in [-0.1, -0.05) is 8.59 Å². The van der Waals surface area contributed by atoms with Crippen LogP contribution in [0.25, 0.3) is 0 Å². The standard InChI is InChI=1S/2CCl3.Zn/c2*2-1(3)4;/q2*-1;+2. The Balaban J connectivity index is -0.0000000720. The summed E-state index contributed by atoms with van der Waals surface area (Å²) in [6, 6.07) is 0. The predicted molar refractivity (Wildman–Crippen MR) is 41.6 cm³/mol. The molecule has 0 fully saturated rings. The third-order valence-corrected chi connectivity index (χ3v) is 0. The Hall–Kier alpha value is 2.36. The maximum atomic E-state index is 4.72. The van der Waals surface area contributed by atoms with Crippen molar-refractivity contribution in [1.82, 2.24) is 0 Å². The Kier molecular flexibility index (Phi) is 25.2. The molecule has 0 rings (SSSR count). The van der Waals surface area contributed by atoms with Crippen LogP contribution in [0.3, 0.4) is 0 Å². The summed E-state index contributed by atoms with van der Waals surface area (Å²) in [5, 5.41) is 0. The average Bonchev–Trinajstić information content (AvgIpc) is 1.25. The van der Waals surface area contributed by atoms with Gasteiger partial charge in [-0.3, -0.25) is 0 Å². The third kappa shape index (κ3) is 130. The van der Waals surface area contributed by atoms with Crippen molar-refractivity contribution >= 4 is 69.6 Å². The fourth-order valence-corrected chi connectivity index (χ4v) is 0. The Labute approximate surface area is 96.8 Å². The maximum Gasteiger partial charge on any atom is 2.00 e. The molecule has 0 atom stereocenters. The van der Waals surface area contributed by atoms with E-state index in [0.717, 1.165) is 0 Å². The van der Waals surface area contributed by atoms with E-state index in [2.05, 4.69) is 0 Å². The molecule has 9 heavy (non-hydrogen) atoms. The smallest absolute Gasteiger partial charge is 0.312 e. The second-order valence-corrected chi connectivity index (χ2v) is 3.86. The van der Waals surface area contributed by atoms with Crippen molar-refractivity contribution in [1.29, 1.82) is 0 Å². The topological polar surface area (TPSA) is 0 Å². The summed E-state index contributed by atoms with van der Waals surface area (Å²) in [5.41, 5.74) is 0. The van der Waals surface area contributed by atoms with Crippen LogP contribution in [0.15, 0.2) is 0 Å². The van der Waals surface area contributed by atoms with Crippen LogP contribution in [-0.2, 0) is 19.5 Å². The van der Waals surface area contributed by atoms with Crippen LogP contribution in [0.2, 0.25) is 0 Å². The molecule has 0 aromatic rings. The maximum absolute atomic E-state index is 4.72. The zero-order valence-electron chi connectivity index (χ0n) is 3.97. The van der Waals surface area contributed by atoms with Gasteiger partial charge in [-0.25, -0.2) is 0 Å². The van der Waals surface area contributed by atoms with Crippen molar-refractivity contribution in [3.8, 4) is 0 Å². The molecule has 0 nitrogen and oxygen atoms in total. The Morgan fingerprint density at radius 3 is 0.556 bits per heavy atom. The van der Waals surface area contributed by atoms with Gasteiger partial charge in [0.2, 0.25) is 0 Å². The third-order valence-electron chi connectivity index (χ3n) is 0. The number of hydrogen-bond acceptors (Lipinski definition) is 0. The molecule has 0 spiro atoms. The van der Waals surface area contributed by atoms with Crippen LogP contribution in [0, 0.1) is 8.59 Å². The van der Waals surface area contributed by atoms with Crippen LogP contribution in [0.5, 0.6) is 0 Å². The van der Waals surface area contributed by atoms with Gasteiger partial charge in [0, 0.05) is 0 Å². The molecule has 0 saturated heterocycles. The first kappa shape index (κ1) is 17.4. The quantitative estimate of drug-likeness (QED) is 0.462. The molecule has 0 N–H and O–H groups in total. The summed E-state index contributed by atoms with van der Waals surface area (Å²) >= 11 is 28.3. The molecule has 0 aliphatic carbocycles. The van der Waals surface area contributed by atoms with Crippen LogP contribution in [-0.4, -0.2) is 0 Å². The molecule has 0 aliphatic heterocycles. The van der Waals surface area contributed by atoms with E-state index in [4.69, 9.17) is 69.6 Å². The van der Waals surface area contributed by atoms with Gasteiger partial charge in [0.15, 0.2) is 0 Å². The fourth-order valence-electron chi connectivity index (χ4n) is 0. The summed E-state index contributed by atoms with van der Waals surface area (Å²) in [5.74, 6) is 0. The second kappa shape index (κ2) is 13.0. The molecular formula is C2Cl6Zn. The van der Waals surface area contributed by atoms with Crippen LogP contribution in [0.4, 0.5) is 0 Å². The summed E-state index contributed by atoms with van der Waals surface area (Å²) < 4.78 is -0.333. The van der Waals surface area contributed by atoms with Crippen LogP contribution >= 0.6 is 69.6 Å². The molecule has 0 saturated carbocycles. The van der Waals surface area contributed by atoms with E-state index in [1.165, 1.54) is 0 Å². The predicted octanol–water partition coefficient (Wildman–Crippen LogP) is 4.30. The van der Waals surface area contributed by atoms with Crippen molar-refractivity contribution in [2.24, 2.45) is 0 Å². The Bertz CT molecular complexity index is 26.5. The molecule has 7 heteroatoms. The van der Waals surface area contributed by atoms with Crippen molar-refractivity contribution < 1.29 is 19.5 Å². The molecule has 0 aliphatic rings. The SMILES string of the molecule is Cl[C-](Cl)Cl.Cl[C-](Cl)Cl.[Zn+2]. The van der Waals surface area contributed by atoms with Crippen molar-refractivity contribution in [2.45, 2.75) is 0 Å². The summed E-state index contributed by atoms with van der Waals surface area (Å²) in [6.45, 7) is 0. The van der Waals surface area contributed by atoms with Gasteiger partial charge in [0.25, 0.3) is 0 Å². The van der Waals surface area contributed by atoms with Gasteiger partial charge in [0.1, 0.15) is 0 Å². The number of halogens is 6. The largest absolute Gasteiger partial charge is 2.00 e. The summed E-state index contributed by atoms with van der Waals surface area (Å²) in [7, 11) is 0. The normalized spacial score (nSPS) is 8.00. The van der Waals surface area contributed by atoms with E-state index in [-0.39, 0.29) is 28.1 Å². The molecule has 0 amide bonds. The fraction of sp³-hybridized carbons (Fsp3) is 0. The number of rotatable bonds is 0. The second-order valence-electron chi connectivity index (χ2n) is 0.429. The minimum absolute atomic E-state index is 0. The van der Waals surface area contributed by atoms with Gasteiger partial charge in [-0.2, -0.15) is 0 Å². The molecule has 0 bridgehead atoms. The minimum atomic E-state index is -0.167. The van der Waals surface area contributed by atoms with Gasteiger partial charge in [-0.05, 0) is 0 Å². The van der Waals surface area contributed by atoms with Crippen LogP contribution in [0.1, 0.15) is 0 Å². The van der Waals surface area contributed by atoms with E-state index in [0.29, 0.717) is 0 Å². The van der Waals surface area contributed by atoms with Gasteiger partial charge in [0.05, 0.1) is 0 Å². The minimum Gasteiger partial charge on any atom is -0.312 e. The van der Waals surface area contributed by atoms with Crippen LogP contribution < -0.4 is 0 Å². The summed E-state index contributed by atoms with van der Waals surface area (Å²) in [6.07, 6.45) is 0. The van der Waals surface area contributed by atoms with E-state index < -0.39 is 0 Å². The van der Waals surface area contributed by atoms with Crippen molar-refractivity contribution in [3.05, 3.63) is 8.59 Å². The van der Waals surface area contributed by atoms with Gasteiger partial charge >= 0.3 is 19.5 Å². The molecule has 52 valence electrons. The molecule has 0 unspecified atom stereocenters. The van der Waals surface area contributed by atoms with Gasteiger partial charge < -0.3 is 69.6 Å². The van der Waals surface area contributed by atoms with E-state index in [1.54, 1.807) is 0 Å². The van der Waals surface area contributed by atoms with Gasteiger partial charge in [-0.15, -0.1) is 0 Å². The molecule has 0 heterocycles. The van der Waals surface area contributed by atoms with Crippen molar-refractivity contribution in [2.75, 3.05) is 0 Å². The molecule has 0 aromatic carbocycles. The number of hydrogen-bond donors (Lipinski definition) is 0. The van der Waals surface area contributed by atoms with E-state index in [1.807, 2.05) is 0 Å². The first-order chi connectivity index (χ1) is 3.46. The van der Waals surface area contributed by atoms with Crippen molar-refractivity contribution in [3.63, 3.8) is 0 Å². The first-order valence-electron chi connectivity index (χ1n) is 1.13. The Morgan fingerprint density at radius 2 is 0.556 bits per heavy atom. The first-order valence-corrected chi connectivity index (χ1v) is 3.40.